The fourth-order valence-electron chi connectivity index (χ4n) is 1.97. The van der Waals surface area contributed by atoms with Crippen LogP contribution in [0.5, 0.6) is 0 Å². The molecule has 0 saturated carbocycles. The van der Waals surface area contributed by atoms with Gasteiger partial charge in [0.25, 0.3) is 0 Å². The molecule has 0 aliphatic rings. The molecule has 0 aliphatic heterocycles. The summed E-state index contributed by atoms with van der Waals surface area (Å²) in [6, 6.07) is 9.96. The van der Waals surface area contributed by atoms with Crippen LogP contribution in [0.2, 0.25) is 0 Å². The van der Waals surface area contributed by atoms with Crippen LogP contribution in [0.1, 0.15) is 32.3 Å². The molecule has 1 atom stereocenters. The number of aliphatic hydroxyl groups excluding tert-OH is 1. The summed E-state index contributed by atoms with van der Waals surface area (Å²) in [5.74, 6) is 0.205. The van der Waals surface area contributed by atoms with Gasteiger partial charge >= 0.3 is 0 Å². The summed E-state index contributed by atoms with van der Waals surface area (Å²) < 4.78 is 0. The first-order valence-electron chi connectivity index (χ1n) is 7.24. The molecule has 3 heteroatoms. The number of hydrogen-bond donors (Lipinski definition) is 1. The lowest BCUT2D eigenvalue weighted by molar-refractivity contribution is -0.131. The van der Waals surface area contributed by atoms with Gasteiger partial charge in [0, 0.05) is 26.1 Å². The van der Waals surface area contributed by atoms with E-state index in [4.69, 9.17) is 0 Å². The van der Waals surface area contributed by atoms with E-state index in [0.717, 1.165) is 12.0 Å². The minimum atomic E-state index is 0.0952. The first-order chi connectivity index (χ1) is 9.67. The maximum atomic E-state index is 12.3. The predicted molar refractivity (Wildman–Crippen MR) is 82.2 cm³/mol. The second-order valence-corrected chi connectivity index (χ2v) is 5.13. The van der Waals surface area contributed by atoms with E-state index in [1.165, 1.54) is 0 Å². The summed E-state index contributed by atoms with van der Waals surface area (Å²) in [6.45, 7) is 5.29. The van der Waals surface area contributed by atoms with Gasteiger partial charge in [0.15, 0.2) is 0 Å². The highest BCUT2D eigenvalue weighted by Crippen LogP contribution is 2.09. The molecule has 1 N–H and O–H groups in total. The SMILES string of the molecule is CC/C=C/CC(=O)N(Cc1ccccc1)C[C@H](C)CO. The Kier molecular flexibility index (Phi) is 7.66. The summed E-state index contributed by atoms with van der Waals surface area (Å²) >= 11 is 0. The number of aliphatic hydroxyl groups is 1. The molecule has 0 aromatic heterocycles. The van der Waals surface area contributed by atoms with Crippen LogP contribution in [0, 0.1) is 5.92 Å². The molecular formula is C17H25NO2. The van der Waals surface area contributed by atoms with Crippen molar-refractivity contribution in [3.05, 3.63) is 48.0 Å². The molecule has 1 aromatic rings. The molecular weight excluding hydrogens is 250 g/mol. The van der Waals surface area contributed by atoms with E-state index in [0.29, 0.717) is 19.5 Å². The first-order valence-corrected chi connectivity index (χ1v) is 7.24. The van der Waals surface area contributed by atoms with Crippen LogP contribution in [0.15, 0.2) is 42.5 Å². The van der Waals surface area contributed by atoms with Crippen LogP contribution in [0.4, 0.5) is 0 Å². The fourth-order valence-corrected chi connectivity index (χ4v) is 1.97. The van der Waals surface area contributed by atoms with Crippen LogP contribution in [0.3, 0.4) is 0 Å². The summed E-state index contributed by atoms with van der Waals surface area (Å²) in [5, 5.41) is 9.19. The molecule has 3 nitrogen and oxygen atoms in total. The highest BCUT2D eigenvalue weighted by molar-refractivity contribution is 5.77. The van der Waals surface area contributed by atoms with Crippen molar-refractivity contribution in [2.75, 3.05) is 13.2 Å². The van der Waals surface area contributed by atoms with Gasteiger partial charge in [0.1, 0.15) is 0 Å². The number of hydrogen-bond acceptors (Lipinski definition) is 2. The Hall–Kier alpha value is -1.61. The van der Waals surface area contributed by atoms with Crippen molar-refractivity contribution in [3.63, 3.8) is 0 Å². The Bertz CT molecular complexity index is 414. The van der Waals surface area contributed by atoms with Gasteiger partial charge in [-0.1, -0.05) is 56.3 Å². The van der Waals surface area contributed by atoms with Crippen LogP contribution in [0.25, 0.3) is 0 Å². The van der Waals surface area contributed by atoms with Gasteiger partial charge in [-0.2, -0.15) is 0 Å². The van der Waals surface area contributed by atoms with Crippen molar-refractivity contribution < 1.29 is 9.90 Å². The van der Waals surface area contributed by atoms with Gasteiger partial charge < -0.3 is 10.0 Å². The molecule has 0 saturated heterocycles. The maximum absolute atomic E-state index is 12.3. The highest BCUT2D eigenvalue weighted by Gasteiger charge is 2.15. The smallest absolute Gasteiger partial charge is 0.226 e. The number of rotatable bonds is 8. The van der Waals surface area contributed by atoms with Crippen LogP contribution >= 0.6 is 0 Å². The molecule has 0 unspecified atom stereocenters. The van der Waals surface area contributed by atoms with Gasteiger partial charge in [0.2, 0.25) is 5.91 Å². The van der Waals surface area contributed by atoms with Crippen molar-refractivity contribution in [2.45, 2.75) is 33.2 Å². The number of nitrogens with zero attached hydrogens (tertiary/aromatic N) is 1. The van der Waals surface area contributed by atoms with Crippen LogP contribution in [-0.4, -0.2) is 29.1 Å². The van der Waals surface area contributed by atoms with E-state index in [1.54, 1.807) is 0 Å². The van der Waals surface area contributed by atoms with Crippen molar-refractivity contribution >= 4 is 5.91 Å². The third kappa shape index (κ3) is 6.02. The third-order valence-corrected chi connectivity index (χ3v) is 3.11. The van der Waals surface area contributed by atoms with Crippen LogP contribution in [-0.2, 0) is 11.3 Å². The van der Waals surface area contributed by atoms with Crippen molar-refractivity contribution in [1.29, 1.82) is 0 Å². The molecule has 0 fully saturated rings. The molecule has 110 valence electrons. The second kappa shape index (κ2) is 9.32. The zero-order valence-corrected chi connectivity index (χ0v) is 12.5. The maximum Gasteiger partial charge on any atom is 0.226 e. The van der Waals surface area contributed by atoms with Crippen molar-refractivity contribution in [2.24, 2.45) is 5.92 Å². The molecule has 0 radical (unpaired) electrons. The summed E-state index contributed by atoms with van der Waals surface area (Å²) in [7, 11) is 0. The lowest BCUT2D eigenvalue weighted by Crippen LogP contribution is -2.34. The molecule has 0 bridgehead atoms. The standard InChI is InChI=1S/C17H25NO2/c1-3-4-6-11-17(20)18(12-15(2)14-19)13-16-9-7-5-8-10-16/h4-10,15,19H,3,11-14H2,1-2H3/b6-4+/t15-/m0/s1. The minimum absolute atomic E-state index is 0.0952. The number of carbonyl (C=O) groups is 1. The largest absolute Gasteiger partial charge is 0.396 e. The number of carbonyl (C=O) groups excluding carboxylic acids is 1. The van der Waals surface area contributed by atoms with E-state index in [-0.39, 0.29) is 18.4 Å². The number of benzene rings is 1. The molecule has 0 aliphatic carbocycles. The summed E-state index contributed by atoms with van der Waals surface area (Å²) in [4.78, 5) is 14.1. The Morgan fingerprint density at radius 2 is 2.00 bits per heavy atom. The lowest BCUT2D eigenvalue weighted by Gasteiger charge is -2.25. The van der Waals surface area contributed by atoms with E-state index in [9.17, 15) is 9.90 Å². The first kappa shape index (κ1) is 16.4. The van der Waals surface area contributed by atoms with Gasteiger partial charge in [0.05, 0.1) is 0 Å². The zero-order valence-electron chi connectivity index (χ0n) is 12.5. The fraction of sp³-hybridized carbons (Fsp3) is 0.471. The summed E-state index contributed by atoms with van der Waals surface area (Å²) in [5.41, 5.74) is 1.12. The third-order valence-electron chi connectivity index (χ3n) is 3.11. The van der Waals surface area contributed by atoms with E-state index in [1.807, 2.05) is 54.3 Å². The molecule has 1 aromatic carbocycles. The van der Waals surface area contributed by atoms with Gasteiger partial charge in [-0.3, -0.25) is 4.79 Å². The number of amides is 1. The Morgan fingerprint density at radius 1 is 1.30 bits per heavy atom. The molecule has 20 heavy (non-hydrogen) atoms. The topological polar surface area (TPSA) is 40.5 Å². The number of allylic oxidation sites excluding steroid dienone is 1. The average Bonchev–Trinajstić information content (AvgIpc) is 2.47. The van der Waals surface area contributed by atoms with Gasteiger partial charge in [-0.25, -0.2) is 0 Å². The highest BCUT2D eigenvalue weighted by atomic mass is 16.3. The molecule has 0 spiro atoms. The molecule has 1 rings (SSSR count). The average molecular weight is 275 g/mol. The van der Waals surface area contributed by atoms with E-state index < -0.39 is 0 Å². The monoisotopic (exact) mass is 275 g/mol. The lowest BCUT2D eigenvalue weighted by atomic mass is 10.1. The van der Waals surface area contributed by atoms with E-state index in [2.05, 4.69) is 6.92 Å². The Morgan fingerprint density at radius 3 is 2.60 bits per heavy atom. The molecule has 0 heterocycles. The predicted octanol–water partition coefficient (Wildman–Crippen LogP) is 3.00. The normalized spacial score (nSPS) is 12.6. The van der Waals surface area contributed by atoms with Crippen molar-refractivity contribution in [3.8, 4) is 0 Å². The Labute approximate surface area is 121 Å². The van der Waals surface area contributed by atoms with Crippen LogP contribution < -0.4 is 0 Å². The molecule has 1 amide bonds. The Balaban J connectivity index is 2.69. The zero-order chi connectivity index (χ0) is 14.8. The summed E-state index contributed by atoms with van der Waals surface area (Å²) in [6.07, 6.45) is 5.30. The van der Waals surface area contributed by atoms with Gasteiger partial charge in [-0.15, -0.1) is 0 Å². The minimum Gasteiger partial charge on any atom is -0.396 e. The second-order valence-electron chi connectivity index (χ2n) is 5.13. The van der Waals surface area contributed by atoms with Crippen molar-refractivity contribution in [1.82, 2.24) is 4.90 Å². The van der Waals surface area contributed by atoms with E-state index >= 15 is 0 Å². The quantitative estimate of drug-likeness (QED) is 0.741. The van der Waals surface area contributed by atoms with Gasteiger partial charge in [-0.05, 0) is 17.9 Å².